The molecule has 2 rings (SSSR count). The molecule has 3 nitrogen and oxygen atoms in total. The van der Waals surface area contributed by atoms with Crippen LogP contribution in [0, 0.1) is 0 Å². The molecule has 82 valence electrons. The van der Waals surface area contributed by atoms with Crippen LogP contribution in [0.15, 0.2) is 0 Å². The lowest BCUT2D eigenvalue weighted by atomic mass is 10.2. The number of aldehydes is 1. The SMILES string of the molecule is CN1CCC[C@H]1C=O.CN1CCSC1. The van der Waals surface area contributed by atoms with Crippen molar-refractivity contribution in [2.75, 3.05) is 38.8 Å². The molecule has 0 aromatic carbocycles. The summed E-state index contributed by atoms with van der Waals surface area (Å²) in [4.78, 5) is 14.6. The minimum Gasteiger partial charge on any atom is -0.302 e. The third kappa shape index (κ3) is 3.98. The largest absolute Gasteiger partial charge is 0.302 e. The van der Waals surface area contributed by atoms with Crippen LogP contribution in [-0.2, 0) is 4.79 Å². The van der Waals surface area contributed by atoms with Crippen molar-refractivity contribution in [3.63, 3.8) is 0 Å². The lowest BCUT2D eigenvalue weighted by molar-refractivity contribution is -0.111. The Bertz CT molecular complexity index is 172. The molecule has 2 aliphatic heterocycles. The molecule has 0 radical (unpaired) electrons. The van der Waals surface area contributed by atoms with Crippen LogP contribution in [0.3, 0.4) is 0 Å². The van der Waals surface area contributed by atoms with Crippen molar-refractivity contribution in [2.24, 2.45) is 0 Å². The van der Waals surface area contributed by atoms with Gasteiger partial charge >= 0.3 is 0 Å². The van der Waals surface area contributed by atoms with Gasteiger partial charge in [-0.2, -0.15) is 0 Å². The van der Waals surface area contributed by atoms with E-state index in [9.17, 15) is 4.79 Å². The van der Waals surface area contributed by atoms with Crippen molar-refractivity contribution in [3.05, 3.63) is 0 Å². The highest BCUT2D eigenvalue weighted by molar-refractivity contribution is 7.99. The topological polar surface area (TPSA) is 23.6 Å². The monoisotopic (exact) mass is 216 g/mol. The molecule has 2 heterocycles. The first-order chi connectivity index (χ1) is 6.74. The van der Waals surface area contributed by atoms with E-state index in [-0.39, 0.29) is 6.04 Å². The number of rotatable bonds is 1. The van der Waals surface area contributed by atoms with Gasteiger partial charge in [0.1, 0.15) is 6.29 Å². The normalized spacial score (nSPS) is 28.6. The molecule has 2 saturated heterocycles. The predicted octanol–water partition coefficient (Wildman–Crippen LogP) is 0.902. The molecule has 0 aliphatic carbocycles. The van der Waals surface area contributed by atoms with E-state index in [1.807, 2.05) is 18.8 Å². The highest BCUT2D eigenvalue weighted by atomic mass is 32.2. The first-order valence-corrected chi connectivity index (χ1v) is 6.31. The minimum atomic E-state index is 0.218. The van der Waals surface area contributed by atoms with Gasteiger partial charge in [0.2, 0.25) is 0 Å². The van der Waals surface area contributed by atoms with Crippen molar-refractivity contribution in [1.29, 1.82) is 0 Å². The number of likely N-dealkylation sites (N-methyl/N-ethyl adjacent to an activating group) is 1. The van der Waals surface area contributed by atoms with Crippen molar-refractivity contribution < 1.29 is 4.79 Å². The molecule has 0 unspecified atom stereocenters. The van der Waals surface area contributed by atoms with Crippen molar-refractivity contribution in [3.8, 4) is 0 Å². The van der Waals surface area contributed by atoms with E-state index in [2.05, 4.69) is 16.8 Å². The van der Waals surface area contributed by atoms with Gasteiger partial charge in [-0.3, -0.25) is 9.80 Å². The van der Waals surface area contributed by atoms with Gasteiger partial charge in [-0.05, 0) is 33.5 Å². The molecule has 0 amide bonds. The standard InChI is InChI=1S/C6H11NO.C4H9NS/c1-7-4-2-3-6(7)5-8;1-5-2-3-6-4-5/h5-6H,2-4H2,1H3;2-4H2,1H3/t6-;/m0./s1. The number of carbonyl (C=O) groups excluding carboxylic acids is 1. The Kier molecular flexibility index (Phi) is 5.52. The van der Waals surface area contributed by atoms with E-state index in [0.29, 0.717) is 0 Å². The molecule has 0 saturated carbocycles. The molecule has 4 heteroatoms. The second kappa shape index (κ2) is 6.43. The minimum absolute atomic E-state index is 0.218. The Labute approximate surface area is 90.8 Å². The van der Waals surface area contributed by atoms with Gasteiger partial charge in [0.15, 0.2) is 0 Å². The predicted molar refractivity (Wildman–Crippen MR) is 61.7 cm³/mol. The fourth-order valence-corrected chi connectivity index (χ4v) is 2.62. The molecule has 1 atom stereocenters. The second-order valence-corrected chi connectivity index (χ2v) is 5.02. The summed E-state index contributed by atoms with van der Waals surface area (Å²) in [6, 6.07) is 0.218. The molecule has 0 N–H and O–H groups in total. The summed E-state index contributed by atoms with van der Waals surface area (Å²) < 4.78 is 0. The third-order valence-electron chi connectivity index (χ3n) is 2.66. The molecule has 14 heavy (non-hydrogen) atoms. The maximum absolute atomic E-state index is 10.2. The molecular weight excluding hydrogens is 196 g/mol. The Balaban J connectivity index is 0.000000146. The van der Waals surface area contributed by atoms with Crippen molar-refractivity contribution in [1.82, 2.24) is 9.80 Å². The van der Waals surface area contributed by atoms with Gasteiger partial charge in [0.05, 0.1) is 6.04 Å². The highest BCUT2D eigenvalue weighted by Crippen LogP contribution is 2.11. The lowest BCUT2D eigenvalue weighted by Gasteiger charge is -2.10. The van der Waals surface area contributed by atoms with Gasteiger partial charge in [0, 0.05) is 18.2 Å². The maximum Gasteiger partial charge on any atom is 0.137 e. The van der Waals surface area contributed by atoms with Crippen molar-refractivity contribution >= 4 is 18.0 Å². The molecule has 0 bridgehead atoms. The Morgan fingerprint density at radius 1 is 1.36 bits per heavy atom. The second-order valence-electron chi connectivity index (χ2n) is 3.94. The Hall–Kier alpha value is -0.0600. The van der Waals surface area contributed by atoms with Gasteiger partial charge < -0.3 is 4.79 Å². The summed E-state index contributed by atoms with van der Waals surface area (Å²) in [7, 11) is 4.14. The van der Waals surface area contributed by atoms with E-state index in [4.69, 9.17) is 0 Å². The van der Waals surface area contributed by atoms with Gasteiger partial charge in [-0.15, -0.1) is 11.8 Å². The molecule has 2 fully saturated rings. The summed E-state index contributed by atoms with van der Waals surface area (Å²) in [5, 5.41) is 0. The molecule has 2 aliphatic rings. The van der Waals surface area contributed by atoms with Gasteiger partial charge in [-0.1, -0.05) is 0 Å². The molecule has 0 spiro atoms. The van der Waals surface area contributed by atoms with Gasteiger partial charge in [-0.25, -0.2) is 0 Å². The summed E-state index contributed by atoms with van der Waals surface area (Å²) in [5.41, 5.74) is 0. The summed E-state index contributed by atoms with van der Waals surface area (Å²) in [6.07, 6.45) is 3.27. The van der Waals surface area contributed by atoms with Crippen LogP contribution in [0.1, 0.15) is 12.8 Å². The zero-order valence-electron chi connectivity index (χ0n) is 9.11. The molecule has 0 aromatic rings. The summed E-state index contributed by atoms with van der Waals surface area (Å²) in [6.45, 7) is 2.37. The van der Waals surface area contributed by atoms with Crippen LogP contribution in [0.4, 0.5) is 0 Å². The fourth-order valence-electron chi connectivity index (χ4n) is 1.61. The highest BCUT2D eigenvalue weighted by Gasteiger charge is 2.18. The Morgan fingerprint density at radius 3 is 2.36 bits per heavy atom. The van der Waals surface area contributed by atoms with E-state index in [1.54, 1.807) is 0 Å². The maximum atomic E-state index is 10.2. The van der Waals surface area contributed by atoms with Crippen LogP contribution in [0.25, 0.3) is 0 Å². The summed E-state index contributed by atoms with van der Waals surface area (Å²) in [5.74, 6) is 2.57. The van der Waals surface area contributed by atoms with Crippen molar-refractivity contribution in [2.45, 2.75) is 18.9 Å². The lowest BCUT2D eigenvalue weighted by Crippen LogP contribution is -2.25. The average Bonchev–Trinajstić information content (AvgIpc) is 2.77. The van der Waals surface area contributed by atoms with Crippen LogP contribution in [-0.4, -0.2) is 60.9 Å². The quantitative estimate of drug-likeness (QED) is 0.608. The zero-order valence-corrected chi connectivity index (χ0v) is 9.92. The van der Waals surface area contributed by atoms with E-state index in [1.165, 1.54) is 24.6 Å². The van der Waals surface area contributed by atoms with Gasteiger partial charge in [0.25, 0.3) is 0 Å². The zero-order chi connectivity index (χ0) is 10.4. The summed E-state index contributed by atoms with van der Waals surface area (Å²) >= 11 is 2.01. The smallest absolute Gasteiger partial charge is 0.137 e. The third-order valence-corrected chi connectivity index (χ3v) is 3.76. The first kappa shape index (κ1) is 12.0. The number of hydrogen-bond donors (Lipinski definition) is 0. The number of carbonyl (C=O) groups is 1. The first-order valence-electron chi connectivity index (χ1n) is 5.16. The number of likely N-dealkylation sites (tertiary alicyclic amines) is 1. The fraction of sp³-hybridized carbons (Fsp3) is 0.900. The molecular formula is C10H20N2OS. The van der Waals surface area contributed by atoms with Crippen LogP contribution in [0.2, 0.25) is 0 Å². The van der Waals surface area contributed by atoms with Crippen LogP contribution >= 0.6 is 11.8 Å². The van der Waals surface area contributed by atoms with Crippen LogP contribution in [0.5, 0.6) is 0 Å². The number of hydrogen-bond acceptors (Lipinski definition) is 4. The van der Waals surface area contributed by atoms with E-state index >= 15 is 0 Å². The van der Waals surface area contributed by atoms with Crippen LogP contribution < -0.4 is 0 Å². The van der Waals surface area contributed by atoms with E-state index in [0.717, 1.165) is 19.3 Å². The average molecular weight is 216 g/mol. The Morgan fingerprint density at radius 2 is 2.14 bits per heavy atom. The number of thioether (sulfide) groups is 1. The number of nitrogens with zero attached hydrogens (tertiary/aromatic N) is 2. The van der Waals surface area contributed by atoms with E-state index < -0.39 is 0 Å². The molecule has 0 aromatic heterocycles.